The molecule has 0 saturated carbocycles. The van der Waals surface area contributed by atoms with Crippen LogP contribution in [0.5, 0.6) is 0 Å². The summed E-state index contributed by atoms with van der Waals surface area (Å²) < 4.78 is 4.88. The van der Waals surface area contributed by atoms with Crippen LogP contribution in [0.2, 0.25) is 0 Å². The van der Waals surface area contributed by atoms with Gasteiger partial charge in [-0.1, -0.05) is 17.3 Å². The summed E-state index contributed by atoms with van der Waals surface area (Å²) in [5, 5.41) is 12.8. The Morgan fingerprint density at radius 3 is 2.83 bits per heavy atom. The zero-order chi connectivity index (χ0) is 12.7. The molecule has 0 atom stereocenters. The van der Waals surface area contributed by atoms with Crippen LogP contribution in [0.15, 0.2) is 22.7 Å². The Balaban J connectivity index is 2.07. The lowest BCUT2D eigenvalue weighted by Crippen LogP contribution is -1.96. The summed E-state index contributed by atoms with van der Waals surface area (Å²) in [6.07, 6.45) is 3.41. The van der Waals surface area contributed by atoms with E-state index in [0.717, 1.165) is 18.4 Å². The normalized spacial score (nSPS) is 13.6. The number of carbonyl (C=O) groups is 1. The zero-order valence-electron chi connectivity index (χ0n) is 10.1. The van der Waals surface area contributed by atoms with Gasteiger partial charge in [0.05, 0.1) is 0 Å². The molecular weight excluding hydrogens is 230 g/mol. The van der Waals surface area contributed by atoms with E-state index in [1.807, 2.05) is 6.07 Å². The Hall–Kier alpha value is -2.10. The van der Waals surface area contributed by atoms with Gasteiger partial charge in [-0.15, -0.1) is 0 Å². The lowest BCUT2D eigenvalue weighted by Gasteiger charge is -2.02. The van der Waals surface area contributed by atoms with E-state index in [9.17, 15) is 4.79 Å². The number of benzene rings is 1. The fraction of sp³-hybridized carbons (Fsp3) is 0.286. The molecule has 1 aliphatic rings. The van der Waals surface area contributed by atoms with Crippen molar-refractivity contribution in [2.24, 2.45) is 0 Å². The maximum absolute atomic E-state index is 10.9. The minimum Gasteiger partial charge on any atom is -0.475 e. The predicted molar refractivity (Wildman–Crippen MR) is 65.7 cm³/mol. The van der Waals surface area contributed by atoms with Gasteiger partial charge in [0.1, 0.15) is 5.69 Å². The molecule has 3 rings (SSSR count). The van der Waals surface area contributed by atoms with Crippen LogP contribution < -0.4 is 0 Å². The number of nitrogens with zero attached hydrogens (tertiary/aromatic N) is 1. The van der Waals surface area contributed by atoms with Crippen LogP contribution >= 0.6 is 0 Å². The quantitative estimate of drug-likeness (QED) is 0.880. The fourth-order valence-electron chi connectivity index (χ4n) is 2.52. The van der Waals surface area contributed by atoms with Crippen molar-refractivity contribution in [2.75, 3.05) is 0 Å². The van der Waals surface area contributed by atoms with Gasteiger partial charge in [0, 0.05) is 11.1 Å². The molecule has 4 heteroatoms. The van der Waals surface area contributed by atoms with Crippen molar-refractivity contribution in [1.82, 2.24) is 5.16 Å². The van der Waals surface area contributed by atoms with E-state index in [-0.39, 0.29) is 5.76 Å². The smallest absolute Gasteiger partial charge is 0.375 e. The third-order valence-electron chi connectivity index (χ3n) is 3.49. The van der Waals surface area contributed by atoms with E-state index < -0.39 is 5.97 Å². The molecule has 0 amide bonds. The summed E-state index contributed by atoms with van der Waals surface area (Å²) in [4.78, 5) is 10.9. The Morgan fingerprint density at radius 1 is 1.33 bits per heavy atom. The Kier molecular flexibility index (Phi) is 2.44. The van der Waals surface area contributed by atoms with Gasteiger partial charge in [-0.2, -0.15) is 0 Å². The summed E-state index contributed by atoms with van der Waals surface area (Å²) in [7, 11) is 0. The molecule has 92 valence electrons. The van der Waals surface area contributed by atoms with Crippen LogP contribution in [0.3, 0.4) is 0 Å². The number of fused-ring (bicyclic) bond motifs is 1. The molecule has 1 heterocycles. The molecule has 0 unspecified atom stereocenters. The average molecular weight is 243 g/mol. The molecule has 0 radical (unpaired) electrons. The monoisotopic (exact) mass is 243 g/mol. The maximum Gasteiger partial charge on any atom is 0.375 e. The summed E-state index contributed by atoms with van der Waals surface area (Å²) in [5.74, 6) is -1.15. The summed E-state index contributed by atoms with van der Waals surface area (Å²) in [6, 6.07) is 6.19. The minimum absolute atomic E-state index is 0.0782. The highest BCUT2D eigenvalue weighted by molar-refractivity contribution is 5.88. The Morgan fingerprint density at radius 2 is 2.11 bits per heavy atom. The van der Waals surface area contributed by atoms with E-state index >= 15 is 0 Å². The molecule has 0 aliphatic heterocycles. The van der Waals surface area contributed by atoms with Crippen LogP contribution in [0, 0.1) is 6.92 Å². The molecule has 1 N–H and O–H groups in total. The molecule has 2 aromatic rings. The maximum atomic E-state index is 10.9. The van der Waals surface area contributed by atoms with Gasteiger partial charge in [0.25, 0.3) is 0 Å². The third kappa shape index (κ3) is 1.61. The third-order valence-corrected chi connectivity index (χ3v) is 3.49. The molecule has 0 saturated heterocycles. The number of hydrogen-bond donors (Lipinski definition) is 1. The summed E-state index contributed by atoms with van der Waals surface area (Å²) >= 11 is 0. The number of carboxylic acids is 1. The largest absolute Gasteiger partial charge is 0.475 e. The van der Waals surface area contributed by atoms with E-state index in [1.165, 1.54) is 17.5 Å². The number of aryl methyl sites for hydroxylation is 2. The van der Waals surface area contributed by atoms with E-state index in [4.69, 9.17) is 9.63 Å². The minimum atomic E-state index is -1.08. The number of aromatic carboxylic acids is 1. The molecule has 0 spiro atoms. The van der Waals surface area contributed by atoms with Crippen molar-refractivity contribution in [3.63, 3.8) is 0 Å². The van der Waals surface area contributed by atoms with Gasteiger partial charge >= 0.3 is 5.97 Å². The Labute approximate surface area is 104 Å². The van der Waals surface area contributed by atoms with Crippen LogP contribution in [-0.4, -0.2) is 16.2 Å². The molecule has 0 bridgehead atoms. The predicted octanol–water partition coefficient (Wildman–Crippen LogP) is 2.84. The number of aromatic nitrogens is 1. The summed E-state index contributed by atoms with van der Waals surface area (Å²) in [5.41, 5.74) is 4.87. The van der Waals surface area contributed by atoms with Gasteiger partial charge in [0.15, 0.2) is 0 Å². The molecule has 0 fully saturated rings. The number of hydrogen-bond acceptors (Lipinski definition) is 3. The first-order chi connectivity index (χ1) is 8.66. The molecule has 4 nitrogen and oxygen atoms in total. The van der Waals surface area contributed by atoms with Gasteiger partial charge in [-0.3, -0.25) is 0 Å². The molecule has 18 heavy (non-hydrogen) atoms. The molecular formula is C14H13NO3. The fourth-order valence-corrected chi connectivity index (χ4v) is 2.52. The van der Waals surface area contributed by atoms with Crippen LogP contribution in [0.25, 0.3) is 11.3 Å². The second kappa shape index (κ2) is 3.98. The van der Waals surface area contributed by atoms with E-state index in [1.54, 1.807) is 6.92 Å². The Bertz CT molecular complexity index is 628. The van der Waals surface area contributed by atoms with Crippen molar-refractivity contribution in [3.05, 3.63) is 40.6 Å². The van der Waals surface area contributed by atoms with E-state index in [2.05, 4.69) is 17.3 Å². The molecule has 1 aromatic carbocycles. The first-order valence-corrected chi connectivity index (χ1v) is 5.98. The van der Waals surface area contributed by atoms with Crippen molar-refractivity contribution in [1.29, 1.82) is 0 Å². The van der Waals surface area contributed by atoms with Crippen molar-refractivity contribution in [2.45, 2.75) is 26.2 Å². The van der Waals surface area contributed by atoms with Crippen LogP contribution in [0.1, 0.15) is 33.7 Å². The first kappa shape index (κ1) is 11.0. The summed E-state index contributed by atoms with van der Waals surface area (Å²) in [6.45, 7) is 1.72. The SMILES string of the molecule is Cc1c(-c2ccc3c(c2)CCC3)noc1C(=O)O. The van der Waals surface area contributed by atoms with Crippen molar-refractivity contribution < 1.29 is 14.4 Å². The topological polar surface area (TPSA) is 63.3 Å². The zero-order valence-corrected chi connectivity index (χ0v) is 10.1. The standard InChI is InChI=1S/C14H13NO3/c1-8-12(15-18-13(8)14(16)17)11-6-5-9-3-2-4-10(9)7-11/h5-7H,2-4H2,1H3,(H,16,17). The second-order valence-electron chi connectivity index (χ2n) is 4.63. The lowest BCUT2D eigenvalue weighted by atomic mass is 10.0. The van der Waals surface area contributed by atoms with Crippen molar-refractivity contribution >= 4 is 5.97 Å². The highest BCUT2D eigenvalue weighted by atomic mass is 16.5. The average Bonchev–Trinajstić information content (AvgIpc) is 2.93. The number of rotatable bonds is 2. The van der Waals surface area contributed by atoms with Crippen LogP contribution in [-0.2, 0) is 12.8 Å². The molecule has 1 aromatic heterocycles. The van der Waals surface area contributed by atoms with Crippen LogP contribution in [0.4, 0.5) is 0 Å². The van der Waals surface area contributed by atoms with E-state index in [0.29, 0.717) is 11.3 Å². The van der Waals surface area contributed by atoms with Gasteiger partial charge in [-0.25, -0.2) is 4.79 Å². The lowest BCUT2D eigenvalue weighted by molar-refractivity contribution is 0.0651. The first-order valence-electron chi connectivity index (χ1n) is 5.98. The van der Waals surface area contributed by atoms with Gasteiger partial charge < -0.3 is 9.63 Å². The second-order valence-corrected chi connectivity index (χ2v) is 4.63. The highest BCUT2D eigenvalue weighted by Crippen LogP contribution is 2.30. The van der Waals surface area contributed by atoms with Gasteiger partial charge in [0.2, 0.25) is 5.76 Å². The number of carboxylic acid groups (broad SMARTS) is 1. The van der Waals surface area contributed by atoms with Crippen molar-refractivity contribution in [3.8, 4) is 11.3 Å². The van der Waals surface area contributed by atoms with Gasteiger partial charge in [-0.05, 0) is 43.4 Å². The molecule has 1 aliphatic carbocycles. The highest BCUT2D eigenvalue weighted by Gasteiger charge is 2.20.